The smallest absolute Gasteiger partial charge is 0.727 e. The van der Waals surface area contributed by atoms with E-state index in [4.69, 9.17) is 41.2 Å². The van der Waals surface area contributed by atoms with Crippen molar-refractivity contribution in [2.75, 3.05) is 0 Å². The molecule has 0 bridgehead atoms. The molecular formula is C12H19Na3O18. The molecule has 0 atom stereocenters. The molecule has 0 heterocycles. The number of carboxylic acid groups (broad SMARTS) is 6. The predicted octanol–water partition coefficient (Wildman–Crippen LogP) is -17.0. The fourth-order valence-corrected chi connectivity index (χ4v) is 1.41. The summed E-state index contributed by atoms with van der Waals surface area (Å²) in [6.45, 7) is 0. The summed E-state index contributed by atoms with van der Waals surface area (Å²) in [5.74, 6) is -10.7. The van der Waals surface area contributed by atoms with Gasteiger partial charge in [0.2, 0.25) is 0 Å². The van der Waals surface area contributed by atoms with E-state index in [9.17, 15) is 39.0 Å². The first kappa shape index (κ1) is 53.8. The monoisotopic (exact) mass is 520 g/mol. The van der Waals surface area contributed by atoms with Crippen molar-refractivity contribution in [2.45, 2.75) is 36.9 Å². The van der Waals surface area contributed by atoms with Crippen molar-refractivity contribution in [3.05, 3.63) is 0 Å². The van der Waals surface area contributed by atoms with Crippen molar-refractivity contribution in [3.8, 4) is 0 Å². The molecule has 33 heavy (non-hydrogen) atoms. The van der Waals surface area contributed by atoms with E-state index < -0.39 is 72.7 Å². The average molecular weight is 520 g/mol. The molecule has 11 N–H and O–H groups in total. The minimum Gasteiger partial charge on any atom is -0.727 e. The van der Waals surface area contributed by atoms with Crippen molar-refractivity contribution in [2.24, 2.45) is 0 Å². The Kier molecular flexibility index (Phi) is 42.7. The van der Waals surface area contributed by atoms with Gasteiger partial charge in [0.15, 0.2) is 11.2 Å². The summed E-state index contributed by atoms with van der Waals surface area (Å²) in [6.07, 6.45) is -4.88. The topological polar surface area (TPSA) is 376 Å². The van der Waals surface area contributed by atoms with E-state index in [-0.39, 0.29) is 99.6 Å². The molecule has 0 aromatic rings. The van der Waals surface area contributed by atoms with Crippen LogP contribution in [0, 0.1) is 0 Å². The molecule has 0 radical (unpaired) electrons. The summed E-state index contributed by atoms with van der Waals surface area (Å²) < 4.78 is 0. The summed E-state index contributed by atoms with van der Waals surface area (Å²) in [6, 6.07) is 0. The number of hydrogen-bond acceptors (Lipinski definition) is 12. The van der Waals surface area contributed by atoms with Gasteiger partial charge in [-0.1, -0.05) is 0 Å². The second-order valence-electron chi connectivity index (χ2n) is 4.91. The zero-order valence-corrected chi connectivity index (χ0v) is 23.6. The van der Waals surface area contributed by atoms with Crippen molar-refractivity contribution in [1.82, 2.24) is 0 Å². The predicted molar refractivity (Wildman–Crippen MR) is 78.8 cm³/mol. The van der Waals surface area contributed by atoms with Gasteiger partial charge in [-0.25, -0.2) is 9.59 Å². The first-order valence-electron chi connectivity index (χ1n) is 6.49. The van der Waals surface area contributed by atoms with Crippen LogP contribution in [0.3, 0.4) is 0 Å². The number of aliphatic carboxylic acids is 6. The molecule has 178 valence electrons. The molecule has 0 aliphatic carbocycles. The molecule has 21 heteroatoms. The molecule has 0 unspecified atom stereocenters. The summed E-state index contributed by atoms with van der Waals surface area (Å²) in [5, 5.41) is 84.0. The normalized spacial score (nSPS) is 8.73. The fourth-order valence-electron chi connectivity index (χ4n) is 1.41. The SMILES string of the molecule is O.O.O=C(O)CC(O)(CC(=O)O)C(=O)O.O=C([O-])CC(O)(CC(=O)[O-])C(=O)O.[Na+].[Na+].[Na+].[O-]O. The first-order chi connectivity index (χ1) is 12.6. The number of aliphatic hydroxyl groups is 2. The van der Waals surface area contributed by atoms with Crippen molar-refractivity contribution in [3.63, 3.8) is 0 Å². The Morgan fingerprint density at radius 1 is 0.545 bits per heavy atom. The Hall–Kier alpha value is -0.420. The minimum absolute atomic E-state index is 0. The van der Waals surface area contributed by atoms with Crippen LogP contribution in [0.15, 0.2) is 0 Å². The molecule has 0 amide bonds. The second-order valence-corrected chi connectivity index (χ2v) is 4.91. The van der Waals surface area contributed by atoms with Crippen LogP contribution in [0.2, 0.25) is 0 Å². The Bertz CT molecular complexity index is 524. The quantitative estimate of drug-likeness (QED) is 0.0798. The Morgan fingerprint density at radius 2 is 0.727 bits per heavy atom. The van der Waals surface area contributed by atoms with E-state index in [1.807, 2.05) is 0 Å². The van der Waals surface area contributed by atoms with Crippen LogP contribution >= 0.6 is 0 Å². The number of carbonyl (C=O) groups is 6. The zero-order valence-electron chi connectivity index (χ0n) is 17.6. The van der Waals surface area contributed by atoms with Gasteiger partial charge < -0.3 is 71.9 Å². The van der Waals surface area contributed by atoms with Gasteiger partial charge >= 0.3 is 113 Å². The van der Waals surface area contributed by atoms with E-state index in [0.29, 0.717) is 0 Å². The molecule has 0 aliphatic rings. The molecular weight excluding hydrogens is 501 g/mol. The van der Waals surface area contributed by atoms with Gasteiger partial charge in [-0.2, -0.15) is 0 Å². The standard InChI is InChI=1S/2C6H8O7.3Na.H2O2.2H2O/c2*7-3(8)1-6(13,5(11)12)2-4(9)10;;;;1-2;;/h2*13H,1-2H2,(H,7,8)(H,9,10)(H,11,12);;;;1-2H;2*1H2/q;;3*+1;;;/p-3. The van der Waals surface area contributed by atoms with Gasteiger partial charge in [0, 0.05) is 24.8 Å². The second kappa shape index (κ2) is 26.2. The van der Waals surface area contributed by atoms with Crippen LogP contribution in [-0.4, -0.2) is 93.9 Å². The largest absolute Gasteiger partial charge is 1.00 e. The molecule has 0 aromatic heterocycles. The van der Waals surface area contributed by atoms with Crippen LogP contribution in [0.1, 0.15) is 25.7 Å². The van der Waals surface area contributed by atoms with Gasteiger partial charge in [-0.15, -0.1) is 0 Å². The number of carboxylic acids is 6. The van der Waals surface area contributed by atoms with E-state index in [1.54, 1.807) is 0 Å². The molecule has 0 rings (SSSR count). The molecule has 0 aromatic carbocycles. The van der Waals surface area contributed by atoms with Gasteiger partial charge in [-0.3, -0.25) is 9.59 Å². The third-order valence-corrected chi connectivity index (χ3v) is 2.56. The van der Waals surface area contributed by atoms with E-state index >= 15 is 0 Å². The van der Waals surface area contributed by atoms with Crippen molar-refractivity contribution < 1.29 is 180 Å². The van der Waals surface area contributed by atoms with Gasteiger partial charge in [0.1, 0.15) is 0 Å². The summed E-state index contributed by atoms with van der Waals surface area (Å²) in [7, 11) is 0. The molecule has 0 fully saturated rings. The molecule has 0 saturated carbocycles. The van der Waals surface area contributed by atoms with Gasteiger partial charge in [0.25, 0.3) is 0 Å². The Labute approximate surface area is 250 Å². The van der Waals surface area contributed by atoms with E-state index in [1.165, 1.54) is 0 Å². The van der Waals surface area contributed by atoms with Gasteiger partial charge in [0.05, 0.1) is 12.8 Å². The van der Waals surface area contributed by atoms with Crippen molar-refractivity contribution in [1.29, 1.82) is 0 Å². The molecule has 0 spiro atoms. The summed E-state index contributed by atoms with van der Waals surface area (Å²) >= 11 is 0. The zero-order chi connectivity index (χ0) is 23.3. The van der Waals surface area contributed by atoms with Crippen LogP contribution in [0.5, 0.6) is 0 Å². The number of hydrogen-bond donors (Lipinski definition) is 7. The molecule has 0 aliphatic heterocycles. The maximum atomic E-state index is 10.3. The first-order valence-corrected chi connectivity index (χ1v) is 6.49. The van der Waals surface area contributed by atoms with Crippen LogP contribution in [-0.2, 0) is 28.8 Å². The maximum absolute atomic E-state index is 10.3. The fraction of sp³-hybridized carbons (Fsp3) is 0.500. The van der Waals surface area contributed by atoms with Crippen LogP contribution in [0.25, 0.3) is 0 Å². The summed E-state index contributed by atoms with van der Waals surface area (Å²) in [4.78, 5) is 60.7. The Balaban J connectivity index is -0.0000000513. The van der Waals surface area contributed by atoms with Crippen molar-refractivity contribution >= 4 is 35.8 Å². The van der Waals surface area contributed by atoms with Gasteiger partial charge in [-0.05, 0) is 0 Å². The number of rotatable bonds is 10. The minimum atomic E-state index is -2.86. The van der Waals surface area contributed by atoms with E-state index in [2.05, 4.69) is 0 Å². The van der Waals surface area contributed by atoms with Crippen LogP contribution < -0.4 is 104 Å². The number of carbonyl (C=O) groups excluding carboxylic acids is 2. The molecule has 18 nitrogen and oxygen atoms in total. The molecule has 0 saturated heterocycles. The van der Waals surface area contributed by atoms with Crippen LogP contribution in [0.4, 0.5) is 0 Å². The van der Waals surface area contributed by atoms with E-state index in [0.717, 1.165) is 0 Å². The maximum Gasteiger partial charge on any atom is 1.00 e. The Morgan fingerprint density at radius 3 is 0.848 bits per heavy atom. The average Bonchev–Trinajstić information content (AvgIpc) is 2.46. The third kappa shape index (κ3) is 27.7. The summed E-state index contributed by atoms with van der Waals surface area (Å²) in [5.41, 5.74) is -5.60. The third-order valence-electron chi connectivity index (χ3n) is 2.56.